The molecule has 1 aliphatic rings. The van der Waals surface area contributed by atoms with Gasteiger partial charge < -0.3 is 28.8 Å². The Hall–Kier alpha value is -3.07. The normalized spacial score (nSPS) is 19.6. The number of benzene rings is 1. The molecule has 4 rings (SSSR count). The van der Waals surface area contributed by atoms with Crippen LogP contribution in [0.2, 0.25) is 0 Å². The van der Waals surface area contributed by atoms with E-state index in [1.54, 1.807) is 26.8 Å². The molecule has 16 heteroatoms. The van der Waals surface area contributed by atoms with Crippen LogP contribution in [0.15, 0.2) is 36.5 Å². The second-order valence-electron chi connectivity index (χ2n) is 10.9. The molecule has 1 aliphatic heterocycles. The zero-order valence-corrected chi connectivity index (χ0v) is 29.1. The topological polar surface area (TPSA) is 172 Å². The summed E-state index contributed by atoms with van der Waals surface area (Å²) in [5.41, 5.74) is 7.60. The van der Waals surface area contributed by atoms with Gasteiger partial charge >= 0.3 is 14.5 Å². The monoisotopic (exact) mass is 667 g/mol. The van der Waals surface area contributed by atoms with Crippen molar-refractivity contribution in [1.82, 2.24) is 24.5 Å². The van der Waals surface area contributed by atoms with Crippen molar-refractivity contribution in [2.45, 2.75) is 79.4 Å². The molecule has 5 atom stereocenters. The Bertz CT molecular complexity index is 1520. The van der Waals surface area contributed by atoms with E-state index in [1.807, 2.05) is 55.8 Å². The smallest absolute Gasteiger partial charge is 0.323 e. The van der Waals surface area contributed by atoms with Gasteiger partial charge in [0, 0.05) is 19.2 Å². The predicted octanol–water partition coefficient (Wildman–Crippen LogP) is 4.42. The molecule has 250 valence electrons. The number of nitrogen functional groups attached to an aromatic ring is 1. The summed E-state index contributed by atoms with van der Waals surface area (Å²) in [7, 11) is -3.73. The maximum absolute atomic E-state index is 12.5. The number of carbonyl (C=O) groups excluding carboxylic acids is 1. The number of esters is 1. The standard InChI is InChI=1S/C27H40N7O7PS.C2H6/c1-16(2)39-26(35)19(5)31-42(41-20-10-8-17(3)9-11-20)38-15-21-14-18(4)25(40-21)34-13-12-22-23(29-27(28)30-24(22)34)33(6)32-43(7,36)37;1-2/h8-13,16,18-19,21,25,31-32H,14-15H2,1-7H3,(H2,28,29,30);1-2H3. The minimum atomic E-state index is -3.54. The van der Waals surface area contributed by atoms with E-state index < -0.39 is 36.8 Å². The molecular formula is C29H46N7O7PS. The number of aromatic nitrogens is 3. The number of fused-ring (bicyclic) bond motifs is 1. The second kappa shape index (κ2) is 16.0. The Morgan fingerprint density at radius 3 is 2.49 bits per heavy atom. The Labute approximate surface area is 267 Å². The summed E-state index contributed by atoms with van der Waals surface area (Å²) in [6.45, 7) is 13.5. The molecule has 45 heavy (non-hydrogen) atoms. The lowest BCUT2D eigenvalue weighted by atomic mass is 10.1. The number of aryl methyl sites for hydroxylation is 1. The van der Waals surface area contributed by atoms with Gasteiger partial charge in [-0.2, -0.15) is 9.97 Å². The summed E-state index contributed by atoms with van der Waals surface area (Å²) in [5, 5.41) is 5.01. The lowest BCUT2D eigenvalue weighted by Gasteiger charge is -2.24. The zero-order valence-electron chi connectivity index (χ0n) is 27.3. The molecule has 0 spiro atoms. The molecule has 0 radical (unpaired) electrons. The first-order chi connectivity index (χ1) is 21.2. The minimum absolute atomic E-state index is 0.00906. The highest BCUT2D eigenvalue weighted by atomic mass is 32.2. The molecule has 1 aromatic carbocycles. The summed E-state index contributed by atoms with van der Waals surface area (Å²) in [6, 6.07) is 8.70. The Morgan fingerprint density at radius 1 is 1.20 bits per heavy atom. The zero-order chi connectivity index (χ0) is 33.5. The molecule has 1 saturated heterocycles. The van der Waals surface area contributed by atoms with Gasteiger partial charge in [-0.15, -0.1) is 4.83 Å². The van der Waals surface area contributed by atoms with E-state index in [2.05, 4.69) is 26.8 Å². The average Bonchev–Trinajstić information content (AvgIpc) is 3.54. The number of nitrogens with two attached hydrogens (primary N) is 1. The number of carbonyl (C=O) groups is 1. The van der Waals surface area contributed by atoms with Crippen LogP contribution in [0.3, 0.4) is 0 Å². The molecule has 1 fully saturated rings. The van der Waals surface area contributed by atoms with Crippen LogP contribution in [0.1, 0.15) is 59.8 Å². The van der Waals surface area contributed by atoms with Gasteiger partial charge in [0.15, 0.2) is 5.82 Å². The number of nitrogens with one attached hydrogen (secondary N) is 2. The Kier molecular flexibility index (Phi) is 12.9. The first-order valence-electron chi connectivity index (χ1n) is 14.8. The molecule has 14 nitrogen and oxygen atoms in total. The number of hydrazine groups is 1. The highest BCUT2D eigenvalue weighted by Crippen LogP contribution is 2.41. The number of nitrogens with zero attached hydrogens (tertiary/aromatic N) is 4. The van der Waals surface area contributed by atoms with Crippen LogP contribution in [0.4, 0.5) is 11.8 Å². The molecule has 0 bridgehead atoms. The van der Waals surface area contributed by atoms with Crippen molar-refractivity contribution >= 4 is 47.3 Å². The predicted molar refractivity (Wildman–Crippen MR) is 176 cm³/mol. The van der Waals surface area contributed by atoms with Gasteiger partial charge in [-0.05, 0) is 52.3 Å². The molecule has 0 amide bonds. The van der Waals surface area contributed by atoms with E-state index in [9.17, 15) is 13.2 Å². The number of hydrogen-bond donors (Lipinski definition) is 3. The van der Waals surface area contributed by atoms with E-state index in [0.29, 0.717) is 29.0 Å². The molecule has 3 aromatic rings. The summed E-state index contributed by atoms with van der Waals surface area (Å²) in [6.07, 6.45) is 2.64. The van der Waals surface area contributed by atoms with E-state index in [-0.39, 0.29) is 30.7 Å². The van der Waals surface area contributed by atoms with Crippen LogP contribution in [0.5, 0.6) is 5.75 Å². The van der Waals surface area contributed by atoms with Gasteiger partial charge in [0.1, 0.15) is 23.7 Å². The van der Waals surface area contributed by atoms with E-state index in [4.69, 9.17) is 24.3 Å². The minimum Gasteiger partial charge on any atom is -0.462 e. The van der Waals surface area contributed by atoms with E-state index >= 15 is 0 Å². The van der Waals surface area contributed by atoms with Crippen LogP contribution in [0.25, 0.3) is 11.0 Å². The van der Waals surface area contributed by atoms with Crippen molar-refractivity contribution in [2.75, 3.05) is 30.7 Å². The second-order valence-corrected chi connectivity index (χ2v) is 13.9. The Balaban J connectivity index is 0.00000271. The van der Waals surface area contributed by atoms with Crippen LogP contribution in [-0.4, -0.2) is 67.1 Å². The lowest BCUT2D eigenvalue weighted by Crippen LogP contribution is -2.39. The van der Waals surface area contributed by atoms with Gasteiger partial charge in [-0.25, -0.2) is 13.5 Å². The molecule has 0 aliphatic carbocycles. The van der Waals surface area contributed by atoms with Crippen LogP contribution in [0, 0.1) is 12.8 Å². The largest absolute Gasteiger partial charge is 0.462 e. The van der Waals surface area contributed by atoms with Crippen molar-refractivity contribution < 1.29 is 31.7 Å². The van der Waals surface area contributed by atoms with Crippen LogP contribution >= 0.6 is 8.53 Å². The molecule has 3 heterocycles. The summed E-state index contributed by atoms with van der Waals surface area (Å²) >= 11 is 0. The first kappa shape index (κ1) is 36.4. The van der Waals surface area contributed by atoms with Gasteiger partial charge in [0.25, 0.3) is 0 Å². The van der Waals surface area contributed by atoms with E-state index in [0.717, 1.165) is 11.8 Å². The molecule has 2 aromatic heterocycles. The van der Waals surface area contributed by atoms with Crippen molar-refractivity contribution in [3.63, 3.8) is 0 Å². The summed E-state index contributed by atoms with van der Waals surface area (Å²) in [5.74, 6) is 0.585. The third-order valence-electron chi connectivity index (χ3n) is 6.51. The number of sulfonamides is 1. The summed E-state index contributed by atoms with van der Waals surface area (Å²) < 4.78 is 49.5. The molecule has 0 saturated carbocycles. The van der Waals surface area contributed by atoms with Crippen LogP contribution in [-0.2, 0) is 28.8 Å². The maximum atomic E-state index is 12.5. The fourth-order valence-corrected chi connectivity index (χ4v) is 6.43. The molecule has 4 N–H and O–H groups in total. The number of anilines is 2. The van der Waals surface area contributed by atoms with Gasteiger partial charge in [-0.1, -0.05) is 38.5 Å². The quantitative estimate of drug-likeness (QED) is 0.133. The first-order valence-corrected chi connectivity index (χ1v) is 17.9. The SMILES string of the molecule is CC.Cc1ccc(OP(NC(C)C(=O)OC(C)C)OCC2CC(C)C(n3ccc4c(N(C)NS(C)(=O)=O)nc(N)nc43)O2)cc1. The van der Waals surface area contributed by atoms with Gasteiger partial charge in [0.05, 0.1) is 30.5 Å². The van der Waals surface area contributed by atoms with Crippen molar-refractivity contribution in [3.8, 4) is 5.75 Å². The third kappa shape index (κ3) is 10.2. The van der Waals surface area contributed by atoms with Crippen molar-refractivity contribution in [2.24, 2.45) is 5.92 Å². The van der Waals surface area contributed by atoms with Gasteiger partial charge in [0.2, 0.25) is 16.0 Å². The third-order valence-corrected chi connectivity index (χ3v) is 8.47. The highest BCUT2D eigenvalue weighted by Gasteiger charge is 2.36. The molecular weight excluding hydrogens is 621 g/mol. The number of hydrogen-bond acceptors (Lipinski definition) is 12. The van der Waals surface area contributed by atoms with E-state index in [1.165, 1.54) is 12.1 Å². The summed E-state index contributed by atoms with van der Waals surface area (Å²) in [4.78, 5) is 23.5. The Morgan fingerprint density at radius 2 is 1.87 bits per heavy atom. The van der Waals surface area contributed by atoms with Gasteiger partial charge in [-0.3, -0.25) is 9.80 Å². The fraction of sp³-hybridized carbons (Fsp3) is 0.552. The van der Waals surface area contributed by atoms with Crippen molar-refractivity contribution in [1.29, 1.82) is 0 Å². The fourth-order valence-electron chi connectivity index (χ4n) is 4.63. The maximum Gasteiger partial charge on any atom is 0.323 e. The van der Waals surface area contributed by atoms with Crippen LogP contribution < -0.4 is 25.2 Å². The lowest BCUT2D eigenvalue weighted by molar-refractivity contribution is -0.149. The average molecular weight is 668 g/mol. The number of ether oxygens (including phenoxy) is 2. The highest BCUT2D eigenvalue weighted by molar-refractivity contribution is 7.88. The van der Waals surface area contributed by atoms with Crippen molar-refractivity contribution in [3.05, 3.63) is 42.1 Å². The number of rotatable bonds is 13. The molecule has 5 unspecified atom stereocenters.